The number of nitroso groups, excluding NO2 is 1. The SMILES string of the molecule is CC(C)CN(C[C@@H](O)[C@H](Cc1ccccc1)NC(=O)[C@@H](NC(=O)OCc1ccccc1)[C@@H](C)O)S(=O)(=O)c1ccc(CN=O)cc1. The number of rotatable bonds is 17. The van der Waals surface area contributed by atoms with E-state index in [1.54, 1.807) is 48.5 Å². The van der Waals surface area contributed by atoms with Gasteiger partial charge in [-0.15, -0.1) is 0 Å². The third kappa shape index (κ3) is 11.0. The molecular formula is C33H42N4O8S. The lowest BCUT2D eigenvalue weighted by molar-refractivity contribution is -0.127. The highest BCUT2D eigenvalue weighted by molar-refractivity contribution is 7.89. The van der Waals surface area contributed by atoms with Gasteiger partial charge in [0.25, 0.3) is 0 Å². The van der Waals surface area contributed by atoms with E-state index in [1.165, 1.54) is 31.2 Å². The maximum Gasteiger partial charge on any atom is 0.408 e. The molecule has 0 bridgehead atoms. The quantitative estimate of drug-likeness (QED) is 0.160. The normalized spacial score (nSPS) is 14.2. The molecule has 4 N–H and O–H groups in total. The molecule has 248 valence electrons. The van der Waals surface area contributed by atoms with Crippen molar-refractivity contribution in [2.75, 3.05) is 13.1 Å². The molecule has 3 aromatic carbocycles. The number of nitrogens with zero attached hydrogens (tertiary/aromatic N) is 2. The molecule has 0 aromatic heterocycles. The van der Waals surface area contributed by atoms with Gasteiger partial charge in [-0.2, -0.15) is 9.21 Å². The number of carbonyl (C=O) groups excluding carboxylic acids is 2. The van der Waals surface area contributed by atoms with E-state index in [2.05, 4.69) is 15.8 Å². The van der Waals surface area contributed by atoms with E-state index in [0.717, 1.165) is 15.4 Å². The minimum Gasteiger partial charge on any atom is -0.445 e. The van der Waals surface area contributed by atoms with E-state index in [-0.39, 0.29) is 43.5 Å². The highest BCUT2D eigenvalue weighted by Crippen LogP contribution is 2.20. The summed E-state index contributed by atoms with van der Waals surface area (Å²) in [5.74, 6) is -0.891. The number of hydrogen-bond donors (Lipinski definition) is 4. The molecule has 0 saturated heterocycles. The average molecular weight is 655 g/mol. The molecule has 0 spiro atoms. The van der Waals surface area contributed by atoms with Crippen molar-refractivity contribution in [2.45, 2.75) is 69.5 Å². The van der Waals surface area contributed by atoms with Crippen molar-refractivity contribution >= 4 is 22.0 Å². The van der Waals surface area contributed by atoms with E-state index in [4.69, 9.17) is 4.74 Å². The third-order valence-corrected chi connectivity index (χ3v) is 8.96. The molecule has 3 rings (SSSR count). The summed E-state index contributed by atoms with van der Waals surface area (Å²) < 4.78 is 33.8. The number of hydrogen-bond acceptors (Lipinski definition) is 9. The first-order chi connectivity index (χ1) is 21.9. The fourth-order valence-electron chi connectivity index (χ4n) is 4.73. The fourth-order valence-corrected chi connectivity index (χ4v) is 6.35. The Labute approximate surface area is 269 Å². The summed E-state index contributed by atoms with van der Waals surface area (Å²) in [5, 5.41) is 29.8. The fraction of sp³-hybridized carbons (Fsp3) is 0.394. The van der Waals surface area contributed by atoms with Crippen LogP contribution in [0.2, 0.25) is 0 Å². The summed E-state index contributed by atoms with van der Waals surface area (Å²) in [7, 11) is -4.09. The van der Waals surface area contributed by atoms with Crippen molar-refractivity contribution in [2.24, 2.45) is 11.1 Å². The van der Waals surface area contributed by atoms with Crippen molar-refractivity contribution in [1.82, 2.24) is 14.9 Å². The lowest BCUT2D eigenvalue weighted by Crippen LogP contribution is -2.58. The summed E-state index contributed by atoms with van der Waals surface area (Å²) in [6.07, 6.45) is -3.51. The van der Waals surface area contributed by atoms with Gasteiger partial charge in [0, 0.05) is 13.1 Å². The zero-order valence-electron chi connectivity index (χ0n) is 26.2. The van der Waals surface area contributed by atoms with Crippen molar-refractivity contribution in [1.29, 1.82) is 0 Å². The number of amides is 2. The first-order valence-electron chi connectivity index (χ1n) is 15.0. The molecule has 13 heteroatoms. The molecule has 12 nitrogen and oxygen atoms in total. The number of aliphatic hydroxyl groups excluding tert-OH is 2. The van der Waals surface area contributed by atoms with Crippen LogP contribution in [0.1, 0.15) is 37.5 Å². The Bertz CT molecular complexity index is 1500. The molecule has 2 amide bonds. The number of aliphatic hydroxyl groups is 2. The van der Waals surface area contributed by atoms with Crippen LogP contribution >= 0.6 is 0 Å². The Morgan fingerprint density at radius 2 is 1.41 bits per heavy atom. The van der Waals surface area contributed by atoms with Crippen LogP contribution in [0.4, 0.5) is 4.79 Å². The van der Waals surface area contributed by atoms with Crippen molar-refractivity contribution in [3.05, 3.63) is 107 Å². The minimum atomic E-state index is -4.09. The molecule has 0 aliphatic rings. The molecule has 46 heavy (non-hydrogen) atoms. The topological polar surface area (TPSA) is 175 Å². The monoisotopic (exact) mass is 654 g/mol. The lowest BCUT2D eigenvalue weighted by Gasteiger charge is -2.32. The van der Waals surface area contributed by atoms with Crippen molar-refractivity contribution in [3.8, 4) is 0 Å². The predicted molar refractivity (Wildman–Crippen MR) is 173 cm³/mol. The zero-order valence-corrected chi connectivity index (χ0v) is 27.0. The second kappa shape index (κ2) is 17.5. The van der Waals surface area contributed by atoms with Crippen molar-refractivity contribution < 1.29 is 33.0 Å². The Kier molecular flexibility index (Phi) is 13.8. The second-order valence-corrected chi connectivity index (χ2v) is 13.4. The number of ether oxygens (including phenoxy) is 1. The van der Waals surface area contributed by atoms with E-state index in [0.29, 0.717) is 5.56 Å². The maximum atomic E-state index is 13.7. The number of nitrogens with one attached hydrogen (secondary N) is 2. The largest absolute Gasteiger partial charge is 0.445 e. The molecule has 0 heterocycles. The number of alkyl carbamates (subject to hydrolysis) is 1. The van der Waals surface area contributed by atoms with Gasteiger partial charge < -0.3 is 25.6 Å². The van der Waals surface area contributed by atoms with E-state index in [9.17, 15) is 33.1 Å². The van der Waals surface area contributed by atoms with Gasteiger partial charge in [-0.1, -0.05) is 91.8 Å². The van der Waals surface area contributed by atoms with E-state index in [1.807, 2.05) is 26.0 Å². The highest BCUT2D eigenvalue weighted by Gasteiger charge is 2.34. The van der Waals surface area contributed by atoms with E-state index < -0.39 is 46.3 Å². The predicted octanol–water partition coefficient (Wildman–Crippen LogP) is 3.36. The number of carbonyl (C=O) groups is 2. The maximum absolute atomic E-state index is 13.7. The second-order valence-electron chi connectivity index (χ2n) is 11.4. The minimum absolute atomic E-state index is 0.0222. The molecule has 0 saturated carbocycles. The lowest BCUT2D eigenvalue weighted by atomic mass is 10.00. The molecule has 0 aliphatic heterocycles. The summed E-state index contributed by atoms with van der Waals surface area (Å²) in [6, 6.07) is 21.3. The van der Waals surface area contributed by atoms with Crippen molar-refractivity contribution in [3.63, 3.8) is 0 Å². The Morgan fingerprint density at radius 1 is 0.826 bits per heavy atom. The molecule has 0 radical (unpaired) electrons. The van der Waals surface area contributed by atoms with Crippen LogP contribution in [-0.2, 0) is 39.1 Å². The molecule has 0 fully saturated rings. The van der Waals surface area contributed by atoms with Crippen LogP contribution in [0.25, 0.3) is 0 Å². The Hall–Kier alpha value is -4.17. The van der Waals surface area contributed by atoms with E-state index >= 15 is 0 Å². The van der Waals surface area contributed by atoms with Crippen LogP contribution in [0, 0.1) is 10.8 Å². The highest BCUT2D eigenvalue weighted by atomic mass is 32.2. The molecule has 4 atom stereocenters. The van der Waals surface area contributed by atoms with Gasteiger partial charge in [0.2, 0.25) is 15.9 Å². The van der Waals surface area contributed by atoms with Crippen LogP contribution in [0.5, 0.6) is 0 Å². The smallest absolute Gasteiger partial charge is 0.408 e. The van der Waals surface area contributed by atoms with Gasteiger partial charge >= 0.3 is 6.09 Å². The summed E-state index contributed by atoms with van der Waals surface area (Å²) in [4.78, 5) is 36.6. The Morgan fingerprint density at radius 3 is 1.96 bits per heavy atom. The summed E-state index contributed by atoms with van der Waals surface area (Å²) in [6.45, 7) is 4.59. The average Bonchev–Trinajstić information content (AvgIpc) is 3.03. The summed E-state index contributed by atoms with van der Waals surface area (Å²) in [5.41, 5.74) is 2.05. The molecule has 0 unspecified atom stereocenters. The van der Waals surface area contributed by atoms with Gasteiger partial charge in [-0.05, 0) is 48.1 Å². The van der Waals surface area contributed by atoms with Crippen LogP contribution in [0.3, 0.4) is 0 Å². The first kappa shape index (κ1) is 36.3. The van der Waals surface area contributed by atoms with Gasteiger partial charge in [-0.25, -0.2) is 13.2 Å². The number of sulfonamides is 1. The standard InChI is InChI=1S/C33H42N4O8S/c1-23(2)20-37(46(43,44)28-16-14-26(15-17-28)19-34-42)21-30(39)29(18-25-10-6-4-7-11-25)35-32(40)31(24(3)38)36-33(41)45-22-27-12-8-5-9-13-27/h4-17,23-24,29-31,38-39H,18-22H2,1-3H3,(H,35,40)(H,36,41)/t24-,29+,30-,31+/m1/s1. The molecule has 3 aromatic rings. The van der Waals surface area contributed by atoms with Gasteiger partial charge in [0.1, 0.15) is 19.2 Å². The van der Waals surface area contributed by atoms with Gasteiger partial charge in [0.15, 0.2) is 0 Å². The van der Waals surface area contributed by atoms with Crippen LogP contribution in [-0.4, -0.2) is 72.3 Å². The van der Waals surface area contributed by atoms with Crippen LogP contribution in [0.15, 0.2) is 95.0 Å². The number of benzene rings is 3. The van der Waals surface area contributed by atoms with Gasteiger partial charge in [-0.3, -0.25) is 4.79 Å². The Balaban J connectivity index is 1.81. The summed E-state index contributed by atoms with van der Waals surface area (Å²) >= 11 is 0. The first-order valence-corrected chi connectivity index (χ1v) is 16.4. The third-order valence-electron chi connectivity index (χ3n) is 7.11. The van der Waals surface area contributed by atoms with Crippen LogP contribution < -0.4 is 10.6 Å². The molecular weight excluding hydrogens is 612 g/mol. The zero-order chi connectivity index (χ0) is 33.7. The van der Waals surface area contributed by atoms with Gasteiger partial charge in [0.05, 0.1) is 23.1 Å². The molecule has 0 aliphatic carbocycles.